The molecule has 0 aromatic carbocycles. The Morgan fingerprint density at radius 2 is 2.18 bits per heavy atom. The summed E-state index contributed by atoms with van der Waals surface area (Å²) < 4.78 is 0. The molecule has 0 bridgehead atoms. The molecule has 0 aromatic rings. The van der Waals surface area contributed by atoms with E-state index in [4.69, 9.17) is 10.8 Å². The summed E-state index contributed by atoms with van der Waals surface area (Å²) in [4.78, 5) is 19.7. The number of hydrogen-bond donors (Lipinski definition) is 2. The van der Waals surface area contributed by atoms with Crippen LogP contribution in [0.5, 0.6) is 0 Å². The topological polar surface area (TPSA) is 92.8 Å². The summed E-state index contributed by atoms with van der Waals surface area (Å²) in [5, 5.41) is 11.0. The van der Waals surface area contributed by atoms with Gasteiger partial charge in [-0.25, -0.2) is 0 Å². The third-order valence-corrected chi connectivity index (χ3v) is 1.33. The van der Waals surface area contributed by atoms with Gasteiger partial charge < -0.3 is 10.8 Å². The summed E-state index contributed by atoms with van der Waals surface area (Å²) in [5.41, 5.74) is 5.19. The fraction of sp³-hybridized carbons (Fsp3) is 0.833. The number of hydrogen-bond acceptors (Lipinski definition) is 4. The molecule has 0 aliphatic heterocycles. The van der Waals surface area contributed by atoms with Crippen molar-refractivity contribution in [2.45, 2.75) is 25.3 Å². The fourth-order valence-electron chi connectivity index (χ4n) is 0.664. The van der Waals surface area contributed by atoms with Crippen molar-refractivity contribution in [3.8, 4) is 0 Å². The molecule has 0 fully saturated rings. The average Bonchev–Trinajstić information content (AvgIpc) is 1.97. The van der Waals surface area contributed by atoms with E-state index in [2.05, 4.69) is 5.18 Å². The minimum Gasteiger partial charge on any atom is -0.480 e. The highest BCUT2D eigenvalue weighted by Crippen LogP contribution is 1.98. The van der Waals surface area contributed by atoms with Gasteiger partial charge in [0.1, 0.15) is 6.04 Å². The molecule has 3 N–H and O–H groups in total. The van der Waals surface area contributed by atoms with Crippen LogP contribution in [-0.2, 0) is 4.79 Å². The highest BCUT2D eigenvalue weighted by molar-refractivity contribution is 5.72. The number of aliphatic carboxylic acids is 1. The molecule has 0 amide bonds. The maximum Gasteiger partial charge on any atom is 0.320 e. The van der Waals surface area contributed by atoms with E-state index in [-0.39, 0.29) is 6.54 Å². The molecule has 0 aliphatic rings. The first kappa shape index (κ1) is 10.0. The van der Waals surface area contributed by atoms with Gasteiger partial charge in [-0.05, 0) is 19.3 Å². The van der Waals surface area contributed by atoms with E-state index in [9.17, 15) is 9.70 Å². The lowest BCUT2D eigenvalue weighted by Crippen LogP contribution is -2.29. The Hall–Kier alpha value is -0.970. The number of nitrogens with two attached hydrogens (primary N) is 1. The van der Waals surface area contributed by atoms with Crippen LogP contribution in [0, 0.1) is 4.91 Å². The first-order valence-electron chi connectivity index (χ1n) is 3.46. The van der Waals surface area contributed by atoms with E-state index >= 15 is 0 Å². The second kappa shape index (κ2) is 5.79. The number of carboxylic acids is 1. The maximum absolute atomic E-state index is 10.2. The number of rotatable bonds is 6. The normalized spacial score (nSPS) is 12.5. The molecular weight excluding hydrogens is 148 g/mol. The molecule has 0 heterocycles. The molecule has 0 saturated carbocycles. The molecule has 1 unspecified atom stereocenters. The predicted octanol–water partition coefficient (Wildman–Crippen LogP) is 0.335. The monoisotopic (exact) mass is 160 g/mol. The van der Waals surface area contributed by atoms with Crippen molar-refractivity contribution < 1.29 is 9.90 Å². The van der Waals surface area contributed by atoms with Gasteiger partial charge in [-0.1, -0.05) is 5.18 Å². The number of unbranched alkanes of at least 4 members (excludes halogenated alkanes) is 1. The minimum absolute atomic E-state index is 0.242. The van der Waals surface area contributed by atoms with E-state index in [1.54, 1.807) is 0 Å². The van der Waals surface area contributed by atoms with Crippen molar-refractivity contribution in [3.05, 3.63) is 4.91 Å². The SMILES string of the molecule is NC(CCCCN=O)C(=O)O. The summed E-state index contributed by atoms with van der Waals surface area (Å²) in [6.07, 6.45) is 1.66. The van der Waals surface area contributed by atoms with Crippen LogP contribution in [-0.4, -0.2) is 23.7 Å². The van der Waals surface area contributed by atoms with Gasteiger partial charge >= 0.3 is 5.97 Å². The maximum atomic E-state index is 10.2. The fourth-order valence-corrected chi connectivity index (χ4v) is 0.664. The summed E-state index contributed by atoms with van der Waals surface area (Å²) >= 11 is 0. The van der Waals surface area contributed by atoms with Crippen LogP contribution in [0.3, 0.4) is 0 Å². The second-order valence-electron chi connectivity index (χ2n) is 2.29. The standard InChI is InChI=1S/C6H12N2O3/c7-5(6(9)10)3-1-2-4-8-11/h5H,1-4,7H2,(H,9,10). The largest absolute Gasteiger partial charge is 0.480 e. The van der Waals surface area contributed by atoms with Crippen molar-refractivity contribution >= 4 is 5.97 Å². The Labute approximate surface area is 64.6 Å². The Kier molecular flexibility index (Phi) is 5.28. The Morgan fingerprint density at radius 1 is 1.55 bits per heavy atom. The molecule has 0 radical (unpaired) electrons. The van der Waals surface area contributed by atoms with Crippen molar-refractivity contribution in [1.29, 1.82) is 0 Å². The Morgan fingerprint density at radius 3 is 2.64 bits per heavy atom. The molecular formula is C6H12N2O3. The first-order valence-corrected chi connectivity index (χ1v) is 3.46. The number of nitrogens with zero attached hydrogens (tertiary/aromatic N) is 1. The van der Waals surface area contributed by atoms with Gasteiger partial charge in [0.15, 0.2) is 0 Å². The highest BCUT2D eigenvalue weighted by atomic mass is 16.4. The number of carboxylic acid groups (broad SMARTS) is 1. The lowest BCUT2D eigenvalue weighted by Gasteiger charge is -2.03. The summed E-state index contributed by atoms with van der Waals surface area (Å²) in [6, 6.07) is -0.804. The van der Waals surface area contributed by atoms with Gasteiger partial charge in [-0.15, -0.1) is 0 Å². The van der Waals surface area contributed by atoms with E-state index in [1.165, 1.54) is 0 Å². The Balaban J connectivity index is 3.24. The molecule has 5 heteroatoms. The van der Waals surface area contributed by atoms with Crippen LogP contribution in [0.1, 0.15) is 19.3 Å². The van der Waals surface area contributed by atoms with Crippen LogP contribution in [0.2, 0.25) is 0 Å². The first-order chi connectivity index (χ1) is 5.18. The third-order valence-electron chi connectivity index (χ3n) is 1.33. The van der Waals surface area contributed by atoms with Gasteiger partial charge in [-0.3, -0.25) is 4.79 Å². The molecule has 1 atom stereocenters. The predicted molar refractivity (Wildman–Crippen MR) is 40.1 cm³/mol. The Bertz CT molecular complexity index is 138. The molecule has 0 rings (SSSR count). The number of nitroso groups, excluding NO2 is 1. The van der Waals surface area contributed by atoms with Gasteiger partial charge in [0, 0.05) is 0 Å². The van der Waals surface area contributed by atoms with Crippen molar-refractivity contribution in [2.24, 2.45) is 10.9 Å². The van der Waals surface area contributed by atoms with Gasteiger partial charge in [-0.2, -0.15) is 4.91 Å². The van der Waals surface area contributed by atoms with E-state index in [0.29, 0.717) is 19.3 Å². The quantitative estimate of drug-likeness (QED) is 0.432. The number of carbonyl (C=O) groups is 1. The van der Waals surface area contributed by atoms with Crippen LogP contribution < -0.4 is 5.73 Å². The third kappa shape index (κ3) is 5.47. The zero-order chi connectivity index (χ0) is 8.69. The molecule has 0 aliphatic carbocycles. The summed E-state index contributed by atoms with van der Waals surface area (Å²) in [7, 11) is 0. The summed E-state index contributed by atoms with van der Waals surface area (Å²) in [5.74, 6) is -0.996. The van der Waals surface area contributed by atoms with E-state index in [1.807, 2.05) is 0 Å². The van der Waals surface area contributed by atoms with Crippen molar-refractivity contribution in [1.82, 2.24) is 0 Å². The smallest absolute Gasteiger partial charge is 0.320 e. The molecule has 5 nitrogen and oxygen atoms in total. The highest BCUT2D eigenvalue weighted by Gasteiger charge is 2.09. The lowest BCUT2D eigenvalue weighted by atomic mass is 10.1. The zero-order valence-electron chi connectivity index (χ0n) is 6.19. The van der Waals surface area contributed by atoms with Gasteiger partial charge in [0.05, 0.1) is 6.54 Å². The average molecular weight is 160 g/mol. The van der Waals surface area contributed by atoms with Crippen LogP contribution >= 0.6 is 0 Å². The van der Waals surface area contributed by atoms with Crippen molar-refractivity contribution in [2.75, 3.05) is 6.54 Å². The van der Waals surface area contributed by atoms with Crippen LogP contribution in [0.4, 0.5) is 0 Å². The van der Waals surface area contributed by atoms with Gasteiger partial charge in [0.2, 0.25) is 0 Å². The van der Waals surface area contributed by atoms with E-state index < -0.39 is 12.0 Å². The minimum atomic E-state index is -0.996. The second-order valence-corrected chi connectivity index (χ2v) is 2.29. The molecule has 0 saturated heterocycles. The molecule has 0 aromatic heterocycles. The van der Waals surface area contributed by atoms with Crippen molar-refractivity contribution in [3.63, 3.8) is 0 Å². The molecule has 11 heavy (non-hydrogen) atoms. The summed E-state index contributed by atoms with van der Waals surface area (Å²) in [6.45, 7) is 0.242. The molecule has 0 spiro atoms. The molecule has 64 valence electrons. The zero-order valence-corrected chi connectivity index (χ0v) is 6.19. The van der Waals surface area contributed by atoms with E-state index in [0.717, 1.165) is 0 Å². The van der Waals surface area contributed by atoms with Crippen LogP contribution in [0.25, 0.3) is 0 Å². The lowest BCUT2D eigenvalue weighted by molar-refractivity contribution is -0.138. The van der Waals surface area contributed by atoms with Gasteiger partial charge in [0.25, 0.3) is 0 Å². The van der Waals surface area contributed by atoms with Crippen LogP contribution in [0.15, 0.2) is 5.18 Å².